The van der Waals surface area contributed by atoms with Gasteiger partial charge in [0.1, 0.15) is 5.75 Å². The Morgan fingerprint density at radius 1 is 1.42 bits per heavy atom. The van der Waals surface area contributed by atoms with Crippen LogP contribution in [0.4, 0.5) is 0 Å². The molecule has 0 aromatic heterocycles. The number of hydrogen-bond acceptors (Lipinski definition) is 3. The monoisotopic (exact) mass is 350 g/mol. The molecule has 2 rings (SSSR count). The van der Waals surface area contributed by atoms with E-state index >= 15 is 0 Å². The molecule has 0 radical (unpaired) electrons. The smallest absolute Gasteiger partial charge is 0.245 e. The Balaban J connectivity index is 1.76. The molecule has 1 aliphatic heterocycles. The van der Waals surface area contributed by atoms with E-state index in [1.807, 2.05) is 12.1 Å². The number of methoxy groups -OCH3 is 1. The Hall–Kier alpha value is -2.01. The predicted molar refractivity (Wildman–Crippen MR) is 94.2 cm³/mol. The SMILES string of the molecule is C=CC(=O)N1CCC(C(=O)NCCc2ccc(Cl)c(OC)c2)CC1. The maximum absolute atomic E-state index is 12.2. The molecule has 0 bridgehead atoms. The van der Waals surface area contributed by atoms with E-state index in [1.54, 1.807) is 18.1 Å². The number of rotatable bonds is 6. The lowest BCUT2D eigenvalue weighted by Gasteiger charge is -2.30. The Morgan fingerprint density at radius 3 is 2.75 bits per heavy atom. The number of amides is 2. The molecule has 0 spiro atoms. The van der Waals surface area contributed by atoms with Crippen LogP contribution >= 0.6 is 11.6 Å². The Labute approximate surface area is 147 Å². The van der Waals surface area contributed by atoms with Crippen LogP contribution in [0.2, 0.25) is 5.02 Å². The number of nitrogens with zero attached hydrogens (tertiary/aromatic N) is 1. The molecule has 6 heteroatoms. The van der Waals surface area contributed by atoms with Gasteiger partial charge in [0, 0.05) is 25.6 Å². The van der Waals surface area contributed by atoms with E-state index in [1.165, 1.54) is 6.08 Å². The third kappa shape index (κ3) is 4.74. The number of halogens is 1. The van der Waals surface area contributed by atoms with Crippen molar-refractivity contribution in [3.8, 4) is 5.75 Å². The van der Waals surface area contributed by atoms with Crippen molar-refractivity contribution < 1.29 is 14.3 Å². The van der Waals surface area contributed by atoms with Gasteiger partial charge in [-0.1, -0.05) is 24.2 Å². The lowest BCUT2D eigenvalue weighted by Crippen LogP contribution is -2.42. The Bertz CT molecular complexity index is 610. The van der Waals surface area contributed by atoms with Gasteiger partial charge in [0.2, 0.25) is 11.8 Å². The molecule has 1 N–H and O–H groups in total. The van der Waals surface area contributed by atoms with Crippen LogP contribution in [0.5, 0.6) is 5.75 Å². The van der Waals surface area contributed by atoms with E-state index in [9.17, 15) is 9.59 Å². The van der Waals surface area contributed by atoms with Crippen molar-refractivity contribution in [2.24, 2.45) is 5.92 Å². The predicted octanol–water partition coefficient (Wildman–Crippen LogP) is 2.43. The topological polar surface area (TPSA) is 58.6 Å². The summed E-state index contributed by atoms with van der Waals surface area (Å²) in [5, 5.41) is 3.55. The third-order valence-corrected chi connectivity index (χ3v) is 4.59. The fourth-order valence-electron chi connectivity index (χ4n) is 2.83. The van der Waals surface area contributed by atoms with Gasteiger partial charge in [-0.3, -0.25) is 9.59 Å². The second-order valence-electron chi connectivity index (χ2n) is 5.81. The summed E-state index contributed by atoms with van der Waals surface area (Å²) in [6, 6.07) is 5.61. The molecular formula is C18H23ClN2O3. The van der Waals surface area contributed by atoms with Crippen LogP contribution < -0.4 is 10.1 Å². The largest absolute Gasteiger partial charge is 0.495 e. The molecule has 0 saturated carbocycles. The van der Waals surface area contributed by atoms with Gasteiger partial charge in [-0.2, -0.15) is 0 Å². The van der Waals surface area contributed by atoms with Crippen molar-refractivity contribution in [2.45, 2.75) is 19.3 Å². The molecular weight excluding hydrogens is 328 g/mol. The molecule has 0 unspecified atom stereocenters. The third-order valence-electron chi connectivity index (χ3n) is 4.28. The zero-order valence-electron chi connectivity index (χ0n) is 13.9. The molecule has 1 aromatic rings. The van der Waals surface area contributed by atoms with Crippen LogP contribution in [0.15, 0.2) is 30.9 Å². The summed E-state index contributed by atoms with van der Waals surface area (Å²) in [5.41, 5.74) is 1.06. The first-order valence-electron chi connectivity index (χ1n) is 8.06. The van der Waals surface area contributed by atoms with Crippen molar-refractivity contribution in [1.82, 2.24) is 10.2 Å². The van der Waals surface area contributed by atoms with Gasteiger partial charge in [0.05, 0.1) is 12.1 Å². The van der Waals surface area contributed by atoms with Gasteiger partial charge in [0.15, 0.2) is 0 Å². The number of carbonyl (C=O) groups is 2. The molecule has 2 amide bonds. The summed E-state index contributed by atoms with van der Waals surface area (Å²) in [4.78, 5) is 25.5. The number of benzene rings is 1. The molecule has 0 aliphatic carbocycles. The van der Waals surface area contributed by atoms with E-state index in [4.69, 9.17) is 16.3 Å². The second kappa shape index (κ2) is 8.73. The second-order valence-corrected chi connectivity index (χ2v) is 6.22. The van der Waals surface area contributed by atoms with E-state index in [0.29, 0.717) is 49.7 Å². The summed E-state index contributed by atoms with van der Waals surface area (Å²) >= 11 is 6.00. The number of hydrogen-bond donors (Lipinski definition) is 1. The number of carbonyl (C=O) groups excluding carboxylic acids is 2. The normalized spacial score (nSPS) is 15.0. The molecule has 1 heterocycles. The lowest BCUT2D eigenvalue weighted by atomic mass is 9.95. The first-order chi connectivity index (χ1) is 11.5. The summed E-state index contributed by atoms with van der Waals surface area (Å²) in [6.07, 6.45) is 3.42. The van der Waals surface area contributed by atoms with Gasteiger partial charge in [-0.05, 0) is 43.0 Å². The minimum absolute atomic E-state index is 0.0291. The van der Waals surface area contributed by atoms with Crippen LogP contribution in [0.1, 0.15) is 18.4 Å². The molecule has 24 heavy (non-hydrogen) atoms. The highest BCUT2D eigenvalue weighted by Crippen LogP contribution is 2.25. The molecule has 5 nitrogen and oxygen atoms in total. The molecule has 1 fully saturated rings. The van der Waals surface area contributed by atoms with Crippen LogP contribution in [-0.2, 0) is 16.0 Å². The first-order valence-corrected chi connectivity index (χ1v) is 8.44. The van der Waals surface area contributed by atoms with Crippen molar-refractivity contribution in [2.75, 3.05) is 26.7 Å². The maximum Gasteiger partial charge on any atom is 0.245 e. The molecule has 0 atom stereocenters. The van der Waals surface area contributed by atoms with Gasteiger partial charge < -0.3 is 15.0 Å². The lowest BCUT2D eigenvalue weighted by molar-refractivity contribution is -0.132. The van der Waals surface area contributed by atoms with Gasteiger partial charge in [-0.15, -0.1) is 0 Å². The highest BCUT2D eigenvalue weighted by Gasteiger charge is 2.26. The highest BCUT2D eigenvalue weighted by atomic mass is 35.5. The van der Waals surface area contributed by atoms with Gasteiger partial charge in [-0.25, -0.2) is 0 Å². The van der Waals surface area contributed by atoms with Crippen molar-refractivity contribution in [3.05, 3.63) is 41.4 Å². The van der Waals surface area contributed by atoms with Crippen molar-refractivity contribution in [1.29, 1.82) is 0 Å². The van der Waals surface area contributed by atoms with Crippen LogP contribution in [0, 0.1) is 5.92 Å². The summed E-state index contributed by atoms with van der Waals surface area (Å²) in [5.74, 6) is 0.602. The fraction of sp³-hybridized carbons (Fsp3) is 0.444. The molecule has 1 aromatic carbocycles. The average Bonchev–Trinajstić information content (AvgIpc) is 2.62. The number of piperidine rings is 1. The summed E-state index contributed by atoms with van der Waals surface area (Å²) in [6.45, 7) is 5.27. The van der Waals surface area contributed by atoms with Crippen molar-refractivity contribution in [3.63, 3.8) is 0 Å². The zero-order chi connectivity index (χ0) is 17.5. The Kier molecular flexibility index (Phi) is 6.67. The number of likely N-dealkylation sites (tertiary alicyclic amines) is 1. The number of ether oxygens (including phenoxy) is 1. The Morgan fingerprint density at radius 2 is 2.12 bits per heavy atom. The number of nitrogens with one attached hydrogen (secondary N) is 1. The van der Waals surface area contributed by atoms with E-state index in [2.05, 4.69) is 11.9 Å². The van der Waals surface area contributed by atoms with Crippen LogP contribution in [-0.4, -0.2) is 43.5 Å². The average molecular weight is 351 g/mol. The summed E-state index contributed by atoms with van der Waals surface area (Å²) < 4.78 is 5.19. The van der Waals surface area contributed by atoms with E-state index < -0.39 is 0 Å². The fourth-order valence-corrected chi connectivity index (χ4v) is 3.02. The minimum Gasteiger partial charge on any atom is -0.495 e. The first kappa shape index (κ1) is 18.3. The van der Waals surface area contributed by atoms with E-state index in [0.717, 1.165) is 5.56 Å². The van der Waals surface area contributed by atoms with Crippen LogP contribution in [0.3, 0.4) is 0 Å². The maximum atomic E-state index is 12.2. The summed E-state index contributed by atoms with van der Waals surface area (Å²) in [7, 11) is 1.58. The zero-order valence-corrected chi connectivity index (χ0v) is 14.6. The standard InChI is InChI=1S/C18H23ClN2O3/c1-3-17(22)21-10-7-14(8-11-21)18(23)20-9-6-13-4-5-15(19)16(12-13)24-2/h3-5,12,14H,1,6-11H2,2H3,(H,20,23). The molecule has 130 valence electrons. The van der Waals surface area contributed by atoms with Crippen molar-refractivity contribution >= 4 is 23.4 Å². The highest BCUT2D eigenvalue weighted by molar-refractivity contribution is 6.32. The molecule has 1 aliphatic rings. The molecule has 1 saturated heterocycles. The van der Waals surface area contributed by atoms with E-state index in [-0.39, 0.29) is 17.7 Å². The van der Waals surface area contributed by atoms with Crippen LogP contribution in [0.25, 0.3) is 0 Å². The minimum atomic E-state index is -0.0643. The van der Waals surface area contributed by atoms with Gasteiger partial charge in [0.25, 0.3) is 0 Å². The quantitative estimate of drug-likeness (QED) is 0.802. The van der Waals surface area contributed by atoms with Gasteiger partial charge >= 0.3 is 0 Å².